The van der Waals surface area contributed by atoms with E-state index in [1.165, 1.54) is 33.4 Å². The van der Waals surface area contributed by atoms with Gasteiger partial charge in [-0.25, -0.2) is 0 Å². The molecule has 2 rings (SSSR count). The van der Waals surface area contributed by atoms with Crippen molar-refractivity contribution in [2.75, 3.05) is 7.05 Å². The Balaban J connectivity index is 2.45. The van der Waals surface area contributed by atoms with Crippen molar-refractivity contribution >= 4 is 0 Å². The third-order valence-electron chi connectivity index (χ3n) is 4.19. The molecule has 2 aromatic carbocycles. The SMILES string of the molecule is CCc1ccc(C(NC)c2cc(C)cc(C)c2)cc1CC. The highest BCUT2D eigenvalue weighted by Crippen LogP contribution is 2.26. The molecule has 112 valence electrons. The molecule has 0 aliphatic carbocycles. The van der Waals surface area contributed by atoms with Crippen LogP contribution >= 0.6 is 0 Å². The molecule has 21 heavy (non-hydrogen) atoms. The minimum Gasteiger partial charge on any atom is -0.309 e. The van der Waals surface area contributed by atoms with Crippen molar-refractivity contribution in [1.29, 1.82) is 0 Å². The highest BCUT2D eigenvalue weighted by molar-refractivity contribution is 5.40. The molecule has 0 amide bonds. The average molecular weight is 281 g/mol. The van der Waals surface area contributed by atoms with Gasteiger partial charge in [-0.3, -0.25) is 0 Å². The zero-order valence-electron chi connectivity index (χ0n) is 14.0. The number of aryl methyl sites for hydroxylation is 4. The van der Waals surface area contributed by atoms with Gasteiger partial charge in [0.2, 0.25) is 0 Å². The van der Waals surface area contributed by atoms with Crippen molar-refractivity contribution in [3.05, 3.63) is 69.8 Å². The number of hydrogen-bond donors (Lipinski definition) is 1. The lowest BCUT2D eigenvalue weighted by molar-refractivity contribution is 0.689. The maximum atomic E-state index is 3.48. The Morgan fingerprint density at radius 1 is 0.810 bits per heavy atom. The molecule has 1 N–H and O–H groups in total. The molecule has 0 bridgehead atoms. The van der Waals surface area contributed by atoms with Crippen molar-refractivity contribution in [3.63, 3.8) is 0 Å². The summed E-state index contributed by atoms with van der Waals surface area (Å²) in [5.74, 6) is 0. The van der Waals surface area contributed by atoms with Crippen LogP contribution in [0.25, 0.3) is 0 Å². The fourth-order valence-corrected chi connectivity index (χ4v) is 3.20. The summed E-state index contributed by atoms with van der Waals surface area (Å²) in [5, 5.41) is 3.48. The van der Waals surface area contributed by atoms with Crippen LogP contribution in [0.3, 0.4) is 0 Å². The van der Waals surface area contributed by atoms with Crippen molar-refractivity contribution in [2.45, 2.75) is 46.6 Å². The number of hydrogen-bond acceptors (Lipinski definition) is 1. The molecule has 1 unspecified atom stereocenters. The predicted molar refractivity (Wildman–Crippen MR) is 92.0 cm³/mol. The van der Waals surface area contributed by atoms with Crippen LogP contribution in [-0.4, -0.2) is 7.05 Å². The minimum atomic E-state index is 0.264. The smallest absolute Gasteiger partial charge is 0.0574 e. The molecule has 0 radical (unpaired) electrons. The van der Waals surface area contributed by atoms with E-state index in [0.717, 1.165) is 12.8 Å². The largest absolute Gasteiger partial charge is 0.309 e. The second-order valence-electron chi connectivity index (χ2n) is 5.88. The average Bonchev–Trinajstić information content (AvgIpc) is 2.46. The molecule has 0 aromatic heterocycles. The van der Waals surface area contributed by atoms with Crippen LogP contribution in [-0.2, 0) is 12.8 Å². The first-order chi connectivity index (χ1) is 10.1. The predicted octanol–water partition coefficient (Wildman–Crippen LogP) is 4.74. The van der Waals surface area contributed by atoms with Gasteiger partial charge in [-0.2, -0.15) is 0 Å². The van der Waals surface area contributed by atoms with Crippen LogP contribution in [0.5, 0.6) is 0 Å². The van der Waals surface area contributed by atoms with E-state index in [0.29, 0.717) is 0 Å². The van der Waals surface area contributed by atoms with E-state index in [1.54, 1.807) is 0 Å². The van der Waals surface area contributed by atoms with Gasteiger partial charge in [0.25, 0.3) is 0 Å². The van der Waals surface area contributed by atoms with E-state index in [2.05, 4.69) is 69.4 Å². The second kappa shape index (κ2) is 6.91. The first-order valence-corrected chi connectivity index (χ1v) is 7.96. The Morgan fingerprint density at radius 2 is 1.43 bits per heavy atom. The van der Waals surface area contributed by atoms with Crippen LogP contribution in [0.15, 0.2) is 36.4 Å². The van der Waals surface area contributed by atoms with Gasteiger partial charge in [0, 0.05) is 0 Å². The first-order valence-electron chi connectivity index (χ1n) is 7.96. The highest BCUT2D eigenvalue weighted by Gasteiger charge is 2.14. The van der Waals surface area contributed by atoms with E-state index in [-0.39, 0.29) is 6.04 Å². The molecular weight excluding hydrogens is 254 g/mol. The van der Waals surface area contributed by atoms with Gasteiger partial charge in [0.05, 0.1) is 6.04 Å². The van der Waals surface area contributed by atoms with Gasteiger partial charge in [-0.05, 0) is 56.0 Å². The zero-order valence-corrected chi connectivity index (χ0v) is 14.0. The molecule has 0 heterocycles. The molecule has 0 saturated heterocycles. The van der Waals surface area contributed by atoms with Crippen molar-refractivity contribution in [1.82, 2.24) is 5.32 Å². The zero-order chi connectivity index (χ0) is 15.4. The third-order valence-corrected chi connectivity index (χ3v) is 4.19. The summed E-state index contributed by atoms with van der Waals surface area (Å²) in [4.78, 5) is 0. The fraction of sp³-hybridized carbons (Fsp3) is 0.400. The Morgan fingerprint density at radius 3 is 1.95 bits per heavy atom. The Bertz CT molecular complexity index is 593. The van der Waals surface area contributed by atoms with Gasteiger partial charge in [0.1, 0.15) is 0 Å². The van der Waals surface area contributed by atoms with E-state index in [9.17, 15) is 0 Å². The van der Waals surface area contributed by atoms with Crippen LogP contribution in [0.4, 0.5) is 0 Å². The monoisotopic (exact) mass is 281 g/mol. The topological polar surface area (TPSA) is 12.0 Å². The Kier molecular flexibility index (Phi) is 5.19. The number of rotatable bonds is 5. The first kappa shape index (κ1) is 15.8. The lowest BCUT2D eigenvalue weighted by Gasteiger charge is -2.20. The summed E-state index contributed by atoms with van der Waals surface area (Å²) in [6.45, 7) is 8.80. The molecular formula is C20H27N. The fourth-order valence-electron chi connectivity index (χ4n) is 3.20. The molecule has 2 aromatic rings. The minimum absolute atomic E-state index is 0.264. The maximum Gasteiger partial charge on any atom is 0.0574 e. The molecule has 0 saturated carbocycles. The standard InChI is InChI=1S/C20H27N/c1-6-16-8-9-18(13-17(16)7-2)20(21-5)19-11-14(3)10-15(4)12-19/h8-13,20-21H,6-7H2,1-5H3. The van der Waals surface area contributed by atoms with E-state index < -0.39 is 0 Å². The lowest BCUT2D eigenvalue weighted by Crippen LogP contribution is -2.18. The maximum absolute atomic E-state index is 3.48. The normalized spacial score (nSPS) is 12.4. The van der Waals surface area contributed by atoms with Crippen LogP contribution < -0.4 is 5.32 Å². The third kappa shape index (κ3) is 3.54. The summed E-state index contributed by atoms with van der Waals surface area (Å²) in [6.07, 6.45) is 2.21. The van der Waals surface area contributed by atoms with Gasteiger partial charge in [-0.15, -0.1) is 0 Å². The van der Waals surface area contributed by atoms with Crippen LogP contribution in [0, 0.1) is 13.8 Å². The summed E-state index contributed by atoms with van der Waals surface area (Å²) in [7, 11) is 2.04. The molecule has 0 spiro atoms. The van der Waals surface area contributed by atoms with Gasteiger partial charge in [0.15, 0.2) is 0 Å². The summed E-state index contributed by atoms with van der Waals surface area (Å²) >= 11 is 0. The van der Waals surface area contributed by atoms with E-state index in [1.807, 2.05) is 7.05 Å². The van der Waals surface area contributed by atoms with Gasteiger partial charge >= 0.3 is 0 Å². The highest BCUT2D eigenvalue weighted by atomic mass is 14.9. The molecule has 1 atom stereocenters. The van der Waals surface area contributed by atoms with Crippen molar-refractivity contribution < 1.29 is 0 Å². The molecule has 1 heteroatoms. The quantitative estimate of drug-likeness (QED) is 0.835. The van der Waals surface area contributed by atoms with Crippen LogP contribution in [0.2, 0.25) is 0 Å². The van der Waals surface area contributed by atoms with Gasteiger partial charge in [-0.1, -0.05) is 61.4 Å². The molecule has 1 nitrogen and oxygen atoms in total. The summed E-state index contributed by atoms with van der Waals surface area (Å²) in [5.41, 5.74) is 8.30. The number of nitrogens with one attached hydrogen (secondary N) is 1. The summed E-state index contributed by atoms with van der Waals surface area (Å²) in [6, 6.07) is 14.0. The Labute approximate surface area is 129 Å². The van der Waals surface area contributed by atoms with E-state index >= 15 is 0 Å². The van der Waals surface area contributed by atoms with Crippen LogP contribution in [0.1, 0.15) is 53.3 Å². The van der Waals surface area contributed by atoms with Gasteiger partial charge < -0.3 is 5.32 Å². The molecule has 0 aliphatic heterocycles. The lowest BCUT2D eigenvalue weighted by atomic mass is 9.92. The second-order valence-corrected chi connectivity index (χ2v) is 5.88. The molecule has 0 fully saturated rings. The molecule has 0 aliphatic rings. The Hall–Kier alpha value is -1.60. The number of benzene rings is 2. The van der Waals surface area contributed by atoms with Crippen molar-refractivity contribution in [2.24, 2.45) is 0 Å². The van der Waals surface area contributed by atoms with E-state index in [4.69, 9.17) is 0 Å². The summed E-state index contributed by atoms with van der Waals surface area (Å²) < 4.78 is 0. The van der Waals surface area contributed by atoms with Crippen molar-refractivity contribution in [3.8, 4) is 0 Å².